The van der Waals surface area contributed by atoms with E-state index in [4.69, 9.17) is 16.7 Å². The molecule has 1 fully saturated rings. The van der Waals surface area contributed by atoms with Crippen LogP contribution in [0.3, 0.4) is 0 Å². The molecule has 94 valence electrons. The molecule has 4 heteroatoms. The molecule has 1 aromatic rings. The van der Waals surface area contributed by atoms with Crippen LogP contribution in [0.1, 0.15) is 12.5 Å². The molecule has 1 N–H and O–H groups in total. The zero-order valence-electron chi connectivity index (χ0n) is 10.4. The van der Waals surface area contributed by atoms with Crippen LogP contribution in [0.4, 0.5) is 5.69 Å². The Labute approximate surface area is 108 Å². The lowest BCUT2D eigenvalue weighted by Crippen LogP contribution is -2.50. The smallest absolute Gasteiger partial charge is 0.0696 e. The van der Waals surface area contributed by atoms with Crippen molar-refractivity contribution in [3.05, 3.63) is 28.8 Å². The largest absolute Gasteiger partial charge is 0.392 e. The highest BCUT2D eigenvalue weighted by atomic mass is 35.5. The zero-order valence-corrected chi connectivity index (χ0v) is 11.1. The number of hydrogen-bond donors (Lipinski definition) is 1. The van der Waals surface area contributed by atoms with Gasteiger partial charge in [0, 0.05) is 36.4 Å². The molecule has 17 heavy (non-hydrogen) atoms. The van der Waals surface area contributed by atoms with Gasteiger partial charge in [-0.25, -0.2) is 0 Å². The van der Waals surface area contributed by atoms with Crippen LogP contribution in [0, 0.1) is 0 Å². The Balaban J connectivity index is 2.19. The van der Waals surface area contributed by atoms with Crippen LogP contribution >= 0.6 is 11.6 Å². The molecule has 3 nitrogen and oxygen atoms in total. The van der Waals surface area contributed by atoms with Crippen molar-refractivity contribution in [3.63, 3.8) is 0 Å². The zero-order chi connectivity index (χ0) is 12.4. The van der Waals surface area contributed by atoms with Crippen molar-refractivity contribution in [2.24, 2.45) is 0 Å². The van der Waals surface area contributed by atoms with Gasteiger partial charge in [-0.3, -0.25) is 0 Å². The van der Waals surface area contributed by atoms with E-state index in [1.165, 1.54) is 0 Å². The topological polar surface area (TPSA) is 26.7 Å². The number of likely N-dealkylation sites (N-methyl/N-ethyl adjacent to an activating group) is 1. The molecular formula is C13H19ClN2O. The second kappa shape index (κ2) is 5.25. The van der Waals surface area contributed by atoms with E-state index >= 15 is 0 Å². The number of aliphatic hydroxyl groups excluding tert-OH is 1. The van der Waals surface area contributed by atoms with Crippen LogP contribution in [0.15, 0.2) is 18.2 Å². The van der Waals surface area contributed by atoms with Gasteiger partial charge < -0.3 is 14.9 Å². The van der Waals surface area contributed by atoms with E-state index in [1.54, 1.807) is 0 Å². The lowest BCUT2D eigenvalue weighted by molar-refractivity contribution is 0.275. The summed E-state index contributed by atoms with van der Waals surface area (Å²) in [6, 6.07) is 6.39. The number of anilines is 1. The normalized spacial score (nSPS) is 21.9. The predicted molar refractivity (Wildman–Crippen MR) is 71.7 cm³/mol. The van der Waals surface area contributed by atoms with Gasteiger partial charge in [0.25, 0.3) is 0 Å². The molecule has 0 amide bonds. The molecule has 1 aliphatic rings. The first-order valence-electron chi connectivity index (χ1n) is 5.96. The molecule has 0 aliphatic carbocycles. The van der Waals surface area contributed by atoms with Gasteiger partial charge in [-0.1, -0.05) is 17.7 Å². The first kappa shape index (κ1) is 12.7. The van der Waals surface area contributed by atoms with Crippen LogP contribution in [0.5, 0.6) is 0 Å². The fourth-order valence-corrected chi connectivity index (χ4v) is 2.60. The first-order valence-corrected chi connectivity index (χ1v) is 6.34. The van der Waals surface area contributed by atoms with Gasteiger partial charge in [-0.2, -0.15) is 0 Å². The molecule has 1 atom stereocenters. The van der Waals surface area contributed by atoms with Gasteiger partial charge in [0.05, 0.1) is 6.61 Å². The number of rotatable bonds is 2. The molecular weight excluding hydrogens is 236 g/mol. The highest BCUT2D eigenvalue weighted by Crippen LogP contribution is 2.26. The molecule has 0 radical (unpaired) electrons. The maximum atomic E-state index is 9.10. The molecule has 0 bridgehead atoms. The molecule has 0 saturated carbocycles. The van der Waals surface area contributed by atoms with Gasteiger partial charge in [0.15, 0.2) is 0 Å². The number of nitrogens with zero attached hydrogens (tertiary/aromatic N) is 2. The van der Waals surface area contributed by atoms with Gasteiger partial charge in [0.2, 0.25) is 0 Å². The summed E-state index contributed by atoms with van der Waals surface area (Å²) in [5, 5.41) is 9.75. The maximum absolute atomic E-state index is 9.10. The molecule has 1 saturated heterocycles. The molecule has 0 spiro atoms. The standard InChI is InChI=1S/C13H19ClN2O/c1-10-8-15(2)5-6-16(10)12-4-3-11(9-17)13(14)7-12/h3-4,7,10,17H,5-6,8-9H2,1-2H3. The van der Waals surface area contributed by atoms with Crippen molar-refractivity contribution in [3.8, 4) is 0 Å². The average Bonchev–Trinajstić information content (AvgIpc) is 2.29. The van der Waals surface area contributed by atoms with Crippen LogP contribution in [-0.2, 0) is 6.61 Å². The lowest BCUT2D eigenvalue weighted by Gasteiger charge is -2.40. The van der Waals surface area contributed by atoms with E-state index in [2.05, 4.69) is 23.8 Å². The highest BCUT2D eigenvalue weighted by Gasteiger charge is 2.21. The third-order valence-corrected chi connectivity index (χ3v) is 3.72. The van der Waals surface area contributed by atoms with Crippen LogP contribution < -0.4 is 4.90 Å². The quantitative estimate of drug-likeness (QED) is 0.874. The summed E-state index contributed by atoms with van der Waals surface area (Å²) in [6.45, 7) is 5.39. The number of benzene rings is 1. The molecule has 1 heterocycles. The Bertz CT molecular complexity index is 397. The molecule has 1 aromatic carbocycles. The van der Waals surface area contributed by atoms with Crippen LogP contribution in [-0.4, -0.2) is 42.7 Å². The van der Waals surface area contributed by atoms with Crippen molar-refractivity contribution in [2.75, 3.05) is 31.6 Å². The van der Waals surface area contributed by atoms with Gasteiger partial charge in [0.1, 0.15) is 0 Å². The van der Waals surface area contributed by atoms with Crippen LogP contribution in [0.2, 0.25) is 5.02 Å². The van der Waals surface area contributed by atoms with Crippen molar-refractivity contribution in [1.82, 2.24) is 4.90 Å². The number of hydrogen-bond acceptors (Lipinski definition) is 3. The summed E-state index contributed by atoms with van der Waals surface area (Å²) in [6.07, 6.45) is 0. The SMILES string of the molecule is CC1CN(C)CCN1c1ccc(CO)c(Cl)c1. The van der Waals surface area contributed by atoms with Crippen molar-refractivity contribution < 1.29 is 5.11 Å². The van der Waals surface area contributed by atoms with Gasteiger partial charge in [-0.05, 0) is 31.7 Å². The first-order chi connectivity index (χ1) is 8.11. The summed E-state index contributed by atoms with van der Waals surface area (Å²) in [4.78, 5) is 4.71. The summed E-state index contributed by atoms with van der Waals surface area (Å²) < 4.78 is 0. The Morgan fingerprint density at radius 2 is 2.18 bits per heavy atom. The van der Waals surface area contributed by atoms with E-state index < -0.39 is 0 Å². The van der Waals surface area contributed by atoms with Crippen LogP contribution in [0.25, 0.3) is 0 Å². The fourth-order valence-electron chi connectivity index (χ4n) is 2.37. The minimum absolute atomic E-state index is 0.00257. The summed E-state index contributed by atoms with van der Waals surface area (Å²) in [5.41, 5.74) is 1.94. The molecule has 0 aromatic heterocycles. The fraction of sp³-hybridized carbons (Fsp3) is 0.538. The number of halogens is 1. The Morgan fingerprint density at radius 3 is 2.76 bits per heavy atom. The minimum atomic E-state index is -0.00257. The summed E-state index contributed by atoms with van der Waals surface area (Å²) in [5.74, 6) is 0. The molecule has 1 aliphatic heterocycles. The maximum Gasteiger partial charge on any atom is 0.0696 e. The predicted octanol–water partition coefficient (Wildman–Crippen LogP) is 1.97. The minimum Gasteiger partial charge on any atom is -0.392 e. The Morgan fingerprint density at radius 1 is 1.41 bits per heavy atom. The third-order valence-electron chi connectivity index (χ3n) is 3.37. The van der Waals surface area contributed by atoms with Crippen molar-refractivity contribution in [2.45, 2.75) is 19.6 Å². The average molecular weight is 255 g/mol. The summed E-state index contributed by atoms with van der Waals surface area (Å²) in [7, 11) is 2.15. The second-order valence-electron chi connectivity index (χ2n) is 4.74. The molecule has 2 rings (SSSR count). The van der Waals surface area contributed by atoms with E-state index in [0.717, 1.165) is 30.9 Å². The Hall–Kier alpha value is -0.770. The lowest BCUT2D eigenvalue weighted by atomic mass is 10.1. The summed E-state index contributed by atoms with van der Waals surface area (Å²) >= 11 is 6.13. The number of piperazine rings is 1. The van der Waals surface area contributed by atoms with E-state index in [1.807, 2.05) is 18.2 Å². The highest BCUT2D eigenvalue weighted by molar-refractivity contribution is 6.31. The van der Waals surface area contributed by atoms with Gasteiger partial charge in [-0.15, -0.1) is 0 Å². The second-order valence-corrected chi connectivity index (χ2v) is 5.15. The van der Waals surface area contributed by atoms with Gasteiger partial charge >= 0.3 is 0 Å². The Kier molecular flexibility index (Phi) is 3.92. The van der Waals surface area contributed by atoms with E-state index in [-0.39, 0.29) is 6.61 Å². The molecule has 1 unspecified atom stereocenters. The third kappa shape index (κ3) is 2.73. The van der Waals surface area contributed by atoms with E-state index in [9.17, 15) is 0 Å². The van der Waals surface area contributed by atoms with E-state index in [0.29, 0.717) is 11.1 Å². The van der Waals surface area contributed by atoms with Crippen molar-refractivity contribution >= 4 is 17.3 Å². The van der Waals surface area contributed by atoms with Crippen molar-refractivity contribution in [1.29, 1.82) is 0 Å². The number of aliphatic hydroxyl groups is 1. The monoisotopic (exact) mass is 254 g/mol.